The van der Waals surface area contributed by atoms with Crippen molar-refractivity contribution < 1.29 is 19.4 Å². The number of phenolic OH excluding ortho intramolecular Hbond substituents is 1. The van der Waals surface area contributed by atoms with Gasteiger partial charge in [0, 0.05) is 13.1 Å². The molecule has 1 N–H and O–H groups in total. The molecule has 0 radical (unpaired) electrons. The van der Waals surface area contributed by atoms with E-state index in [1.807, 2.05) is 33.8 Å². The first-order valence-corrected chi connectivity index (χ1v) is 6.95. The number of methoxy groups -OCH3 is 1. The zero-order chi connectivity index (χ0) is 16.2. The Labute approximate surface area is 126 Å². The number of benzene rings is 1. The largest absolute Gasteiger partial charge is 0.504 e. The van der Waals surface area contributed by atoms with Gasteiger partial charge in [0.05, 0.1) is 7.11 Å². The Morgan fingerprint density at radius 1 is 1.38 bits per heavy atom. The first-order valence-electron chi connectivity index (χ1n) is 6.95. The van der Waals surface area contributed by atoms with E-state index in [1.54, 1.807) is 24.1 Å². The molecule has 0 spiro atoms. The van der Waals surface area contributed by atoms with Gasteiger partial charge in [0.2, 0.25) is 0 Å². The van der Waals surface area contributed by atoms with Gasteiger partial charge in [-0.15, -0.1) is 0 Å². The SMILES string of the molecule is COc1cc(CC(C)N(C)C(=O)OC(C)(C)C)ccc1O. The lowest BCUT2D eigenvalue weighted by molar-refractivity contribution is 0.0236. The molecule has 0 heterocycles. The molecule has 0 aliphatic carbocycles. The molecule has 1 aromatic carbocycles. The highest BCUT2D eigenvalue weighted by atomic mass is 16.6. The number of phenols is 1. The molecule has 0 aliphatic heterocycles. The highest BCUT2D eigenvalue weighted by molar-refractivity contribution is 5.68. The smallest absolute Gasteiger partial charge is 0.410 e. The van der Waals surface area contributed by atoms with Crippen LogP contribution in [0.3, 0.4) is 0 Å². The van der Waals surface area contributed by atoms with E-state index in [0.717, 1.165) is 5.56 Å². The summed E-state index contributed by atoms with van der Waals surface area (Å²) in [6, 6.07) is 5.15. The Kier molecular flexibility index (Phi) is 5.47. The van der Waals surface area contributed by atoms with Gasteiger partial charge in [-0.25, -0.2) is 4.79 Å². The summed E-state index contributed by atoms with van der Waals surface area (Å²) in [4.78, 5) is 13.6. The van der Waals surface area contributed by atoms with Crippen LogP contribution in [0.2, 0.25) is 0 Å². The fourth-order valence-corrected chi connectivity index (χ4v) is 1.84. The van der Waals surface area contributed by atoms with Crippen LogP contribution in [0.1, 0.15) is 33.3 Å². The molecule has 0 saturated carbocycles. The topological polar surface area (TPSA) is 59.0 Å². The van der Waals surface area contributed by atoms with Gasteiger partial charge in [0.15, 0.2) is 11.5 Å². The Morgan fingerprint density at radius 2 is 2.00 bits per heavy atom. The second-order valence-electron chi connectivity index (χ2n) is 6.15. The van der Waals surface area contributed by atoms with Crippen LogP contribution in [0.25, 0.3) is 0 Å². The summed E-state index contributed by atoms with van der Waals surface area (Å²) in [6.45, 7) is 7.47. The van der Waals surface area contributed by atoms with Crippen molar-refractivity contribution in [1.82, 2.24) is 4.90 Å². The van der Waals surface area contributed by atoms with Crippen molar-refractivity contribution in [2.75, 3.05) is 14.2 Å². The average molecular weight is 295 g/mol. The Balaban J connectivity index is 2.72. The van der Waals surface area contributed by atoms with E-state index in [9.17, 15) is 9.90 Å². The molecule has 5 heteroatoms. The zero-order valence-electron chi connectivity index (χ0n) is 13.6. The van der Waals surface area contributed by atoms with E-state index < -0.39 is 5.60 Å². The monoisotopic (exact) mass is 295 g/mol. The Morgan fingerprint density at radius 3 is 2.52 bits per heavy atom. The number of hydrogen-bond acceptors (Lipinski definition) is 4. The van der Waals surface area contributed by atoms with Gasteiger partial charge in [0.25, 0.3) is 0 Å². The molecule has 5 nitrogen and oxygen atoms in total. The maximum Gasteiger partial charge on any atom is 0.410 e. The van der Waals surface area contributed by atoms with Crippen molar-refractivity contribution in [2.24, 2.45) is 0 Å². The van der Waals surface area contributed by atoms with Gasteiger partial charge in [-0.2, -0.15) is 0 Å². The van der Waals surface area contributed by atoms with Crippen LogP contribution in [-0.4, -0.2) is 41.9 Å². The number of hydrogen-bond donors (Lipinski definition) is 1. The predicted octanol–water partition coefficient (Wildman–Crippen LogP) is 3.20. The number of ether oxygens (including phenoxy) is 2. The van der Waals surface area contributed by atoms with E-state index in [0.29, 0.717) is 12.2 Å². The lowest BCUT2D eigenvalue weighted by Gasteiger charge is -2.28. The number of carbonyl (C=O) groups is 1. The van der Waals surface area contributed by atoms with Crippen LogP contribution in [0.5, 0.6) is 11.5 Å². The number of carbonyl (C=O) groups excluding carboxylic acids is 1. The van der Waals surface area contributed by atoms with Gasteiger partial charge >= 0.3 is 6.09 Å². The summed E-state index contributed by atoms with van der Waals surface area (Å²) in [5, 5.41) is 9.58. The van der Waals surface area contributed by atoms with Crippen LogP contribution in [0, 0.1) is 0 Å². The molecule has 21 heavy (non-hydrogen) atoms. The summed E-state index contributed by atoms with van der Waals surface area (Å²) in [7, 11) is 3.23. The van der Waals surface area contributed by atoms with Crippen molar-refractivity contribution in [3.05, 3.63) is 23.8 Å². The van der Waals surface area contributed by atoms with E-state index in [-0.39, 0.29) is 17.9 Å². The lowest BCUT2D eigenvalue weighted by Crippen LogP contribution is -2.40. The second-order valence-corrected chi connectivity index (χ2v) is 6.15. The first-order chi connectivity index (χ1) is 9.64. The zero-order valence-corrected chi connectivity index (χ0v) is 13.6. The average Bonchev–Trinajstić information content (AvgIpc) is 2.37. The normalized spacial score (nSPS) is 12.7. The summed E-state index contributed by atoms with van der Waals surface area (Å²) >= 11 is 0. The Bertz CT molecular complexity index is 494. The maximum atomic E-state index is 12.0. The number of likely N-dealkylation sites (N-methyl/N-ethyl adjacent to an activating group) is 1. The third-order valence-corrected chi connectivity index (χ3v) is 3.12. The molecule has 0 aliphatic rings. The molecule has 118 valence electrons. The summed E-state index contributed by atoms with van der Waals surface area (Å²) in [6.07, 6.45) is 0.299. The van der Waals surface area contributed by atoms with E-state index in [2.05, 4.69) is 0 Å². The minimum absolute atomic E-state index is 0.0332. The lowest BCUT2D eigenvalue weighted by atomic mass is 10.1. The maximum absolute atomic E-state index is 12.0. The quantitative estimate of drug-likeness (QED) is 0.926. The molecular weight excluding hydrogens is 270 g/mol. The van der Waals surface area contributed by atoms with Crippen LogP contribution in [0.4, 0.5) is 4.79 Å². The van der Waals surface area contributed by atoms with Gasteiger partial charge in [-0.1, -0.05) is 6.07 Å². The molecule has 0 aromatic heterocycles. The molecule has 1 unspecified atom stereocenters. The fourth-order valence-electron chi connectivity index (χ4n) is 1.84. The molecule has 1 atom stereocenters. The summed E-state index contributed by atoms with van der Waals surface area (Å²) < 4.78 is 10.4. The molecular formula is C16H25NO4. The van der Waals surface area contributed by atoms with Gasteiger partial charge in [-0.05, 0) is 51.8 Å². The van der Waals surface area contributed by atoms with Crippen molar-refractivity contribution in [1.29, 1.82) is 0 Å². The minimum Gasteiger partial charge on any atom is -0.504 e. The van der Waals surface area contributed by atoms with Gasteiger partial charge in [0.1, 0.15) is 5.60 Å². The molecule has 1 aromatic rings. The molecule has 1 amide bonds. The van der Waals surface area contributed by atoms with E-state index in [1.165, 1.54) is 7.11 Å². The molecule has 0 saturated heterocycles. The second kappa shape index (κ2) is 6.70. The number of aromatic hydroxyl groups is 1. The third kappa shape index (κ3) is 5.17. The summed E-state index contributed by atoms with van der Waals surface area (Å²) in [5.74, 6) is 0.536. The van der Waals surface area contributed by atoms with Gasteiger partial charge in [-0.3, -0.25) is 0 Å². The molecule has 1 rings (SSSR count). The van der Waals surface area contributed by atoms with Crippen LogP contribution >= 0.6 is 0 Å². The number of nitrogens with zero attached hydrogens (tertiary/aromatic N) is 1. The van der Waals surface area contributed by atoms with Crippen molar-refractivity contribution in [2.45, 2.75) is 45.8 Å². The van der Waals surface area contributed by atoms with Crippen molar-refractivity contribution in [3.63, 3.8) is 0 Å². The third-order valence-electron chi connectivity index (χ3n) is 3.12. The van der Waals surface area contributed by atoms with Crippen LogP contribution in [-0.2, 0) is 11.2 Å². The van der Waals surface area contributed by atoms with Gasteiger partial charge < -0.3 is 19.5 Å². The van der Waals surface area contributed by atoms with E-state index >= 15 is 0 Å². The van der Waals surface area contributed by atoms with Crippen LogP contribution < -0.4 is 4.74 Å². The first kappa shape index (κ1) is 17.1. The van der Waals surface area contributed by atoms with Crippen molar-refractivity contribution in [3.8, 4) is 11.5 Å². The highest BCUT2D eigenvalue weighted by Crippen LogP contribution is 2.27. The number of amides is 1. The standard InChI is InChI=1S/C16H25NO4/c1-11(17(5)15(19)21-16(2,3)4)9-12-7-8-13(18)14(10-12)20-6/h7-8,10-11,18H,9H2,1-6H3. The number of rotatable bonds is 4. The Hall–Kier alpha value is -1.91. The highest BCUT2D eigenvalue weighted by Gasteiger charge is 2.23. The summed E-state index contributed by atoms with van der Waals surface area (Å²) in [5.41, 5.74) is 0.472. The van der Waals surface area contributed by atoms with Crippen molar-refractivity contribution >= 4 is 6.09 Å². The van der Waals surface area contributed by atoms with E-state index in [4.69, 9.17) is 9.47 Å². The molecule has 0 bridgehead atoms. The van der Waals surface area contributed by atoms with Crippen LogP contribution in [0.15, 0.2) is 18.2 Å². The predicted molar refractivity (Wildman–Crippen MR) is 81.8 cm³/mol. The fraction of sp³-hybridized carbons (Fsp3) is 0.562. The molecule has 0 fully saturated rings. The minimum atomic E-state index is -0.507.